The third kappa shape index (κ3) is 3.99. The molecule has 1 unspecified atom stereocenters. The molecule has 0 aromatic heterocycles. The zero-order valence-electron chi connectivity index (χ0n) is 17.2. The van der Waals surface area contributed by atoms with Crippen LogP contribution in [0.1, 0.15) is 34.8 Å². The maximum absolute atomic E-state index is 13.1. The summed E-state index contributed by atoms with van der Waals surface area (Å²) in [6.45, 7) is 1.57. The van der Waals surface area contributed by atoms with E-state index in [1.807, 2.05) is 64.6 Å². The van der Waals surface area contributed by atoms with Crippen LogP contribution in [0.25, 0.3) is 0 Å². The van der Waals surface area contributed by atoms with Gasteiger partial charge in [0.15, 0.2) is 0 Å². The van der Waals surface area contributed by atoms with Gasteiger partial charge in [-0.05, 0) is 42.9 Å². The number of rotatable bonds is 5. The van der Waals surface area contributed by atoms with Crippen LogP contribution in [0.2, 0.25) is 0 Å². The minimum absolute atomic E-state index is 0.0263. The van der Waals surface area contributed by atoms with E-state index in [4.69, 9.17) is 9.47 Å². The smallest absolute Gasteiger partial charge is 0.410 e. The molecule has 0 N–H and O–H groups in total. The van der Waals surface area contributed by atoms with Gasteiger partial charge >= 0.3 is 6.09 Å². The van der Waals surface area contributed by atoms with Crippen molar-refractivity contribution < 1.29 is 19.1 Å². The zero-order valence-corrected chi connectivity index (χ0v) is 18.1. The molecule has 2 heterocycles. The second-order valence-corrected chi connectivity index (χ2v) is 8.38. The Kier molecular flexibility index (Phi) is 6.18. The van der Waals surface area contributed by atoms with Gasteiger partial charge in [-0.2, -0.15) is 0 Å². The van der Waals surface area contributed by atoms with E-state index in [1.165, 1.54) is 0 Å². The van der Waals surface area contributed by atoms with Gasteiger partial charge in [0.1, 0.15) is 12.4 Å². The molecule has 2 amide bonds. The van der Waals surface area contributed by atoms with Crippen molar-refractivity contribution in [3.8, 4) is 5.75 Å². The fraction of sp³-hybridized carbons (Fsp3) is 0.391. The highest BCUT2D eigenvalue weighted by Crippen LogP contribution is 2.34. The molecule has 6 nitrogen and oxygen atoms in total. The van der Waals surface area contributed by atoms with E-state index in [2.05, 4.69) is 0 Å². The zero-order chi connectivity index (χ0) is 21.1. The molecule has 2 aromatic rings. The van der Waals surface area contributed by atoms with Gasteiger partial charge in [-0.15, -0.1) is 11.8 Å². The third-order valence-electron chi connectivity index (χ3n) is 5.88. The highest BCUT2D eigenvalue weighted by Gasteiger charge is 2.40. The number of amides is 2. The Hall–Kier alpha value is -2.67. The van der Waals surface area contributed by atoms with Crippen LogP contribution in [0, 0.1) is 0 Å². The SMILES string of the molecule is COc1cc(SC)ccc1C(=O)N1CCC(N2C(=O)OCC2c2ccccc2)CC1. The Morgan fingerprint density at radius 2 is 1.87 bits per heavy atom. The first-order valence-corrected chi connectivity index (χ1v) is 11.4. The van der Waals surface area contributed by atoms with Crippen LogP contribution < -0.4 is 4.74 Å². The van der Waals surface area contributed by atoms with Crippen molar-refractivity contribution in [2.24, 2.45) is 0 Å². The number of benzene rings is 2. The van der Waals surface area contributed by atoms with Crippen LogP contribution in [0.4, 0.5) is 4.79 Å². The number of likely N-dealkylation sites (tertiary alicyclic amines) is 1. The minimum Gasteiger partial charge on any atom is -0.496 e. The number of carbonyl (C=O) groups excluding carboxylic acids is 2. The Bertz CT molecular complexity index is 913. The first-order valence-electron chi connectivity index (χ1n) is 10.1. The molecule has 30 heavy (non-hydrogen) atoms. The van der Waals surface area contributed by atoms with Gasteiger partial charge in [0, 0.05) is 24.0 Å². The number of hydrogen-bond donors (Lipinski definition) is 0. The summed E-state index contributed by atoms with van der Waals surface area (Å²) in [7, 11) is 1.59. The number of hydrogen-bond acceptors (Lipinski definition) is 5. The number of carbonyl (C=O) groups is 2. The van der Waals surface area contributed by atoms with E-state index in [1.54, 1.807) is 18.9 Å². The molecule has 2 aliphatic rings. The first kappa shape index (κ1) is 20.6. The van der Waals surface area contributed by atoms with E-state index in [0.29, 0.717) is 31.0 Å². The largest absolute Gasteiger partial charge is 0.496 e. The molecule has 4 rings (SSSR count). The Morgan fingerprint density at radius 3 is 2.53 bits per heavy atom. The van der Waals surface area contributed by atoms with Gasteiger partial charge in [0.2, 0.25) is 0 Å². The molecule has 2 saturated heterocycles. The average Bonchev–Trinajstić information content (AvgIpc) is 3.20. The number of piperidine rings is 1. The van der Waals surface area contributed by atoms with Gasteiger partial charge in [-0.25, -0.2) is 4.79 Å². The second-order valence-electron chi connectivity index (χ2n) is 7.50. The summed E-state index contributed by atoms with van der Waals surface area (Å²) in [4.78, 5) is 30.3. The molecule has 0 spiro atoms. The summed E-state index contributed by atoms with van der Waals surface area (Å²) in [5.41, 5.74) is 1.66. The van der Waals surface area contributed by atoms with Crippen LogP contribution in [-0.4, -0.2) is 60.9 Å². The molecule has 2 aromatic carbocycles. The standard InChI is InChI=1S/C23H26N2O4S/c1-28-21-14-18(30-2)8-9-19(21)22(26)24-12-10-17(11-13-24)25-20(15-29-23(25)27)16-6-4-3-5-7-16/h3-9,14,17,20H,10-13,15H2,1-2H3. The van der Waals surface area contributed by atoms with Gasteiger partial charge in [-0.3, -0.25) is 9.69 Å². The molecule has 1 atom stereocenters. The maximum atomic E-state index is 13.1. The number of methoxy groups -OCH3 is 1. The molecular weight excluding hydrogens is 400 g/mol. The van der Waals surface area contributed by atoms with E-state index in [-0.39, 0.29) is 24.1 Å². The minimum atomic E-state index is -0.261. The predicted octanol–water partition coefficient (Wildman–Crippen LogP) is 4.22. The maximum Gasteiger partial charge on any atom is 0.410 e. The average molecular weight is 427 g/mol. The Labute approximate surface area is 181 Å². The lowest BCUT2D eigenvalue weighted by molar-refractivity contribution is 0.0633. The first-order chi connectivity index (χ1) is 14.6. The lowest BCUT2D eigenvalue weighted by atomic mass is 9.98. The van der Waals surface area contributed by atoms with E-state index in [9.17, 15) is 9.59 Å². The van der Waals surface area contributed by atoms with Crippen LogP contribution in [0.15, 0.2) is 53.4 Å². The second kappa shape index (κ2) is 9.00. The summed E-state index contributed by atoms with van der Waals surface area (Å²) in [6.07, 6.45) is 3.20. The molecule has 0 radical (unpaired) electrons. The van der Waals surface area contributed by atoms with Crippen LogP contribution >= 0.6 is 11.8 Å². The summed E-state index contributed by atoms with van der Waals surface area (Å²) >= 11 is 1.61. The lowest BCUT2D eigenvalue weighted by Gasteiger charge is -2.38. The number of cyclic esters (lactones) is 1. The quantitative estimate of drug-likeness (QED) is 0.670. The molecule has 0 aliphatic carbocycles. The normalized spacial score (nSPS) is 19.7. The van der Waals surface area contributed by atoms with E-state index >= 15 is 0 Å². The molecule has 158 valence electrons. The van der Waals surface area contributed by atoms with Crippen molar-refractivity contribution in [3.05, 3.63) is 59.7 Å². The van der Waals surface area contributed by atoms with Crippen LogP contribution in [0.3, 0.4) is 0 Å². The molecule has 7 heteroatoms. The van der Waals surface area contributed by atoms with E-state index < -0.39 is 0 Å². The van der Waals surface area contributed by atoms with Crippen molar-refractivity contribution >= 4 is 23.8 Å². The van der Waals surface area contributed by atoms with Gasteiger partial charge < -0.3 is 14.4 Å². The molecule has 2 fully saturated rings. The Morgan fingerprint density at radius 1 is 1.13 bits per heavy atom. The highest BCUT2D eigenvalue weighted by atomic mass is 32.2. The van der Waals surface area contributed by atoms with Gasteiger partial charge in [0.05, 0.1) is 18.7 Å². The van der Waals surface area contributed by atoms with Crippen molar-refractivity contribution in [3.63, 3.8) is 0 Å². The number of nitrogens with zero attached hydrogens (tertiary/aromatic N) is 2. The summed E-state index contributed by atoms with van der Waals surface area (Å²) in [5, 5.41) is 0. The summed E-state index contributed by atoms with van der Waals surface area (Å²) in [5.74, 6) is 0.572. The van der Waals surface area contributed by atoms with Crippen molar-refractivity contribution in [2.75, 3.05) is 33.1 Å². The van der Waals surface area contributed by atoms with Crippen molar-refractivity contribution in [2.45, 2.75) is 29.8 Å². The van der Waals surface area contributed by atoms with Gasteiger partial charge in [0.25, 0.3) is 5.91 Å². The summed E-state index contributed by atoms with van der Waals surface area (Å²) in [6, 6.07) is 15.7. The van der Waals surface area contributed by atoms with Gasteiger partial charge in [-0.1, -0.05) is 30.3 Å². The fourth-order valence-corrected chi connectivity index (χ4v) is 4.69. The fourth-order valence-electron chi connectivity index (χ4n) is 4.26. The van der Waals surface area contributed by atoms with E-state index in [0.717, 1.165) is 23.3 Å². The number of thioether (sulfide) groups is 1. The van der Waals surface area contributed by atoms with Crippen molar-refractivity contribution in [1.82, 2.24) is 9.80 Å². The van der Waals surface area contributed by atoms with Crippen LogP contribution in [0.5, 0.6) is 5.75 Å². The predicted molar refractivity (Wildman–Crippen MR) is 116 cm³/mol. The highest BCUT2D eigenvalue weighted by molar-refractivity contribution is 7.98. The molecule has 0 bridgehead atoms. The van der Waals surface area contributed by atoms with Crippen molar-refractivity contribution in [1.29, 1.82) is 0 Å². The molecule has 2 aliphatic heterocycles. The topological polar surface area (TPSA) is 59.1 Å². The van der Waals surface area contributed by atoms with Crippen LogP contribution in [-0.2, 0) is 4.74 Å². The number of ether oxygens (including phenoxy) is 2. The lowest BCUT2D eigenvalue weighted by Crippen LogP contribution is -2.47. The molecular formula is C23H26N2O4S. The molecule has 0 saturated carbocycles. The third-order valence-corrected chi connectivity index (χ3v) is 6.61. The summed E-state index contributed by atoms with van der Waals surface area (Å²) < 4.78 is 10.8. The monoisotopic (exact) mass is 426 g/mol. The Balaban J connectivity index is 1.45.